The number of nitrogens with two attached hydrogens (primary N) is 1. The van der Waals surface area contributed by atoms with Crippen LogP contribution in [0.2, 0.25) is 0 Å². The second-order valence-corrected chi connectivity index (χ2v) is 4.71. The van der Waals surface area contributed by atoms with Gasteiger partial charge in [-0.05, 0) is 24.1 Å². The lowest BCUT2D eigenvalue weighted by Gasteiger charge is -2.06. The van der Waals surface area contributed by atoms with E-state index < -0.39 is 0 Å². The molecule has 0 bridgehead atoms. The summed E-state index contributed by atoms with van der Waals surface area (Å²) in [5, 5.41) is 0. The monoisotopic (exact) mass is 297 g/mol. The third-order valence-electron chi connectivity index (χ3n) is 2.98. The smallest absolute Gasteiger partial charge is 0.191 e. The average Bonchev–Trinajstić information content (AvgIpc) is 2.59. The highest BCUT2D eigenvalue weighted by Crippen LogP contribution is 2.02. The Labute approximate surface area is 135 Å². The highest BCUT2D eigenvalue weighted by atomic mass is 16.5. The number of nitrogens with one attached hydrogen (secondary N) is 1. The van der Waals surface area contributed by atoms with Crippen molar-refractivity contribution < 1.29 is 4.74 Å². The van der Waals surface area contributed by atoms with E-state index in [0.29, 0.717) is 6.61 Å². The molecular weight excluding hydrogens is 271 g/mol. The van der Waals surface area contributed by atoms with Crippen molar-refractivity contribution >= 4 is 23.9 Å². The van der Waals surface area contributed by atoms with E-state index >= 15 is 0 Å². The maximum Gasteiger partial charge on any atom is 0.191 e. The Balaban J connectivity index is 0.00000116. The fraction of sp³-hybridized carbons (Fsp3) is 0.333. The standard InChI is InChI=1S/C16H20BN2O.C2H6/c1-2-10-20-12-13-6-8-14(9-7-13)17-15-4-3-5-16(11-15)19-18;1-2/h3-9,11,19H,2,10,12,18H2,1H3;1-2H3. The minimum atomic E-state index is 0.681. The van der Waals surface area contributed by atoms with Crippen molar-refractivity contribution in [3.8, 4) is 0 Å². The van der Waals surface area contributed by atoms with Crippen LogP contribution in [0.25, 0.3) is 0 Å². The van der Waals surface area contributed by atoms with Gasteiger partial charge in [0.15, 0.2) is 7.28 Å². The first-order valence-electron chi connectivity index (χ1n) is 7.90. The molecule has 0 aliphatic heterocycles. The molecule has 0 aliphatic rings. The van der Waals surface area contributed by atoms with Gasteiger partial charge in [0, 0.05) is 12.3 Å². The number of anilines is 1. The number of nitrogen functional groups attached to an aromatic ring is 1. The first-order chi connectivity index (χ1) is 10.8. The summed E-state index contributed by atoms with van der Waals surface area (Å²) in [4.78, 5) is 0. The van der Waals surface area contributed by atoms with Crippen molar-refractivity contribution in [3.63, 3.8) is 0 Å². The summed E-state index contributed by atoms with van der Waals surface area (Å²) >= 11 is 0. The van der Waals surface area contributed by atoms with Gasteiger partial charge >= 0.3 is 0 Å². The van der Waals surface area contributed by atoms with E-state index in [-0.39, 0.29) is 0 Å². The number of benzene rings is 2. The molecule has 4 heteroatoms. The summed E-state index contributed by atoms with van der Waals surface area (Å²) in [5.41, 5.74) is 7.05. The fourth-order valence-electron chi connectivity index (χ4n) is 1.96. The van der Waals surface area contributed by atoms with Crippen molar-refractivity contribution in [2.24, 2.45) is 5.84 Å². The zero-order chi connectivity index (χ0) is 16.2. The van der Waals surface area contributed by atoms with E-state index in [4.69, 9.17) is 10.6 Å². The van der Waals surface area contributed by atoms with Gasteiger partial charge in [-0.25, -0.2) is 0 Å². The van der Waals surface area contributed by atoms with E-state index in [1.54, 1.807) is 0 Å². The van der Waals surface area contributed by atoms with Crippen LogP contribution in [0.5, 0.6) is 0 Å². The van der Waals surface area contributed by atoms with Crippen molar-refractivity contribution in [1.82, 2.24) is 0 Å². The predicted molar refractivity (Wildman–Crippen MR) is 97.0 cm³/mol. The fourth-order valence-corrected chi connectivity index (χ4v) is 1.96. The van der Waals surface area contributed by atoms with E-state index in [0.717, 1.165) is 24.2 Å². The second-order valence-electron chi connectivity index (χ2n) is 4.71. The molecule has 3 N–H and O–H groups in total. The van der Waals surface area contributed by atoms with Crippen LogP contribution in [0.3, 0.4) is 0 Å². The van der Waals surface area contributed by atoms with Crippen LogP contribution in [-0.4, -0.2) is 13.9 Å². The molecule has 2 aromatic rings. The molecular formula is C18H26BN2O. The average molecular weight is 297 g/mol. The lowest BCUT2D eigenvalue weighted by atomic mass is 9.64. The van der Waals surface area contributed by atoms with Crippen LogP contribution in [0, 0.1) is 0 Å². The summed E-state index contributed by atoms with van der Waals surface area (Å²) in [6.45, 7) is 7.61. The van der Waals surface area contributed by atoms with Crippen LogP contribution in [-0.2, 0) is 11.3 Å². The van der Waals surface area contributed by atoms with Crippen LogP contribution in [0.15, 0.2) is 48.5 Å². The molecule has 2 rings (SSSR count). The lowest BCUT2D eigenvalue weighted by molar-refractivity contribution is 0.121. The number of rotatable bonds is 7. The molecule has 0 aliphatic carbocycles. The maximum absolute atomic E-state index is 5.52. The van der Waals surface area contributed by atoms with Crippen LogP contribution >= 0.6 is 0 Å². The molecule has 3 nitrogen and oxygen atoms in total. The molecule has 0 atom stereocenters. The third kappa shape index (κ3) is 6.33. The number of hydrogen-bond donors (Lipinski definition) is 2. The third-order valence-corrected chi connectivity index (χ3v) is 2.98. The molecule has 2 aromatic carbocycles. The van der Waals surface area contributed by atoms with E-state index in [2.05, 4.69) is 50.0 Å². The molecule has 0 unspecified atom stereocenters. The second kappa shape index (κ2) is 10.9. The molecule has 0 saturated carbocycles. The minimum absolute atomic E-state index is 0.681. The van der Waals surface area contributed by atoms with Crippen LogP contribution < -0.4 is 22.2 Å². The predicted octanol–water partition coefficient (Wildman–Crippen LogP) is 2.58. The van der Waals surface area contributed by atoms with E-state index in [1.807, 2.05) is 32.0 Å². The molecule has 0 fully saturated rings. The van der Waals surface area contributed by atoms with Crippen molar-refractivity contribution in [2.75, 3.05) is 12.0 Å². The summed E-state index contributed by atoms with van der Waals surface area (Å²) in [6, 6.07) is 16.4. The van der Waals surface area contributed by atoms with Gasteiger partial charge in [0.1, 0.15) is 0 Å². The first kappa shape index (κ1) is 18.3. The first-order valence-corrected chi connectivity index (χ1v) is 7.90. The lowest BCUT2D eigenvalue weighted by Crippen LogP contribution is -2.27. The Kier molecular flexibility index (Phi) is 9.04. The van der Waals surface area contributed by atoms with Gasteiger partial charge in [-0.2, -0.15) is 0 Å². The summed E-state index contributed by atoms with van der Waals surface area (Å²) < 4.78 is 5.52. The van der Waals surface area contributed by atoms with Gasteiger partial charge in [-0.1, -0.05) is 68.1 Å². The summed E-state index contributed by atoms with van der Waals surface area (Å²) in [5.74, 6) is 5.41. The molecule has 0 spiro atoms. The van der Waals surface area contributed by atoms with Gasteiger partial charge in [0.05, 0.1) is 6.61 Å². The van der Waals surface area contributed by atoms with Gasteiger partial charge in [-0.15, -0.1) is 0 Å². The summed E-state index contributed by atoms with van der Waals surface area (Å²) in [6.07, 6.45) is 1.05. The van der Waals surface area contributed by atoms with Crippen molar-refractivity contribution in [1.29, 1.82) is 0 Å². The number of hydrazine groups is 1. The van der Waals surface area contributed by atoms with Gasteiger partial charge in [-0.3, -0.25) is 5.84 Å². The normalized spacial score (nSPS) is 9.64. The van der Waals surface area contributed by atoms with Gasteiger partial charge in [0.25, 0.3) is 0 Å². The molecule has 0 heterocycles. The molecule has 0 amide bonds. The minimum Gasteiger partial charge on any atom is -0.377 e. The zero-order valence-electron chi connectivity index (χ0n) is 13.8. The number of hydrogen-bond acceptors (Lipinski definition) is 3. The Morgan fingerprint density at radius 3 is 2.41 bits per heavy atom. The van der Waals surface area contributed by atoms with Gasteiger partial charge in [0.2, 0.25) is 0 Å². The Bertz CT molecular complexity index is 529. The maximum atomic E-state index is 5.52. The van der Waals surface area contributed by atoms with E-state index in [1.165, 1.54) is 11.0 Å². The zero-order valence-corrected chi connectivity index (χ0v) is 13.8. The van der Waals surface area contributed by atoms with Gasteiger partial charge < -0.3 is 10.2 Å². The quantitative estimate of drug-likeness (QED) is 0.357. The van der Waals surface area contributed by atoms with E-state index in [9.17, 15) is 0 Å². The molecule has 0 saturated heterocycles. The largest absolute Gasteiger partial charge is 0.377 e. The highest BCUT2D eigenvalue weighted by Gasteiger charge is 2.01. The highest BCUT2D eigenvalue weighted by molar-refractivity contribution is 6.67. The Morgan fingerprint density at radius 1 is 1.05 bits per heavy atom. The van der Waals surface area contributed by atoms with Crippen LogP contribution in [0.1, 0.15) is 32.8 Å². The van der Waals surface area contributed by atoms with Crippen molar-refractivity contribution in [3.05, 3.63) is 54.1 Å². The Morgan fingerprint density at radius 2 is 1.77 bits per heavy atom. The molecule has 0 aromatic heterocycles. The molecule has 117 valence electrons. The SMILES string of the molecule is CC.CCCOCc1ccc([B]c2cccc(NN)c2)cc1. The number of ether oxygens (including phenoxy) is 1. The molecule has 22 heavy (non-hydrogen) atoms. The molecule has 1 radical (unpaired) electrons. The van der Waals surface area contributed by atoms with Crippen LogP contribution in [0.4, 0.5) is 5.69 Å². The van der Waals surface area contributed by atoms with Crippen molar-refractivity contribution in [2.45, 2.75) is 33.8 Å². The Hall–Kier alpha value is -1.78. The topological polar surface area (TPSA) is 47.3 Å². The summed E-state index contributed by atoms with van der Waals surface area (Å²) in [7, 11) is 2.12.